The molecule has 1 heterocycles. The molecule has 0 atom stereocenters. The van der Waals surface area contributed by atoms with Gasteiger partial charge in [-0.2, -0.15) is 5.10 Å². The van der Waals surface area contributed by atoms with Gasteiger partial charge in [0, 0.05) is 11.7 Å². The summed E-state index contributed by atoms with van der Waals surface area (Å²) in [6, 6.07) is 2.01. The number of hydrogen-bond acceptors (Lipinski definition) is 3. The average Bonchev–Trinajstić information content (AvgIpc) is 2.48. The smallest absolute Gasteiger partial charge is 0.358 e. The Labute approximate surface area is 83.9 Å². The summed E-state index contributed by atoms with van der Waals surface area (Å²) in [5.74, 6) is -0.352. The second kappa shape index (κ2) is 4.26. The van der Waals surface area contributed by atoms with Crippen LogP contribution in [0.4, 0.5) is 0 Å². The van der Waals surface area contributed by atoms with Gasteiger partial charge < -0.3 is 4.74 Å². The number of aryl methyl sites for hydroxylation is 1. The summed E-state index contributed by atoms with van der Waals surface area (Å²) < 4.78 is 6.67. The van der Waals surface area contributed by atoms with Gasteiger partial charge in [-0.25, -0.2) is 4.79 Å². The molecule has 1 aromatic rings. The maximum Gasteiger partial charge on any atom is 0.358 e. The number of hydrogen-bond donors (Lipinski definition) is 0. The molecule has 4 nitrogen and oxygen atoms in total. The van der Waals surface area contributed by atoms with E-state index in [0.717, 1.165) is 5.69 Å². The van der Waals surface area contributed by atoms with Crippen molar-refractivity contribution in [3.05, 3.63) is 17.5 Å². The Morgan fingerprint density at radius 3 is 2.71 bits per heavy atom. The normalized spacial score (nSPS) is 10.6. The first-order valence-electron chi connectivity index (χ1n) is 4.79. The van der Waals surface area contributed by atoms with Gasteiger partial charge in [0.05, 0.1) is 6.61 Å². The lowest BCUT2D eigenvalue weighted by Gasteiger charge is -2.06. The van der Waals surface area contributed by atoms with Crippen molar-refractivity contribution in [1.29, 1.82) is 0 Å². The van der Waals surface area contributed by atoms with E-state index in [-0.39, 0.29) is 12.0 Å². The van der Waals surface area contributed by atoms with Crippen LogP contribution in [-0.2, 0) is 4.74 Å². The molecule has 0 aliphatic carbocycles. The summed E-state index contributed by atoms with van der Waals surface area (Å²) in [5.41, 5.74) is 1.36. The second-order valence-electron chi connectivity index (χ2n) is 3.43. The van der Waals surface area contributed by atoms with E-state index < -0.39 is 0 Å². The maximum atomic E-state index is 11.3. The van der Waals surface area contributed by atoms with Crippen molar-refractivity contribution in [1.82, 2.24) is 9.78 Å². The van der Waals surface area contributed by atoms with Crippen LogP contribution >= 0.6 is 0 Å². The molecule has 0 bridgehead atoms. The quantitative estimate of drug-likeness (QED) is 0.694. The minimum atomic E-state index is -0.352. The van der Waals surface area contributed by atoms with Crippen molar-refractivity contribution >= 4 is 5.97 Å². The van der Waals surface area contributed by atoms with Crippen LogP contribution in [0, 0.1) is 6.92 Å². The monoisotopic (exact) mass is 196 g/mol. The molecule has 0 amide bonds. The lowest BCUT2D eigenvalue weighted by molar-refractivity contribution is 0.0518. The van der Waals surface area contributed by atoms with Crippen LogP contribution in [0.2, 0.25) is 0 Å². The molecule has 0 aliphatic heterocycles. The van der Waals surface area contributed by atoms with Gasteiger partial charge in [-0.1, -0.05) is 0 Å². The van der Waals surface area contributed by atoms with E-state index in [0.29, 0.717) is 12.3 Å². The molecule has 0 spiro atoms. The molecule has 0 N–H and O–H groups in total. The lowest BCUT2D eigenvalue weighted by Crippen LogP contribution is -2.09. The van der Waals surface area contributed by atoms with Crippen LogP contribution in [0.25, 0.3) is 0 Å². The van der Waals surface area contributed by atoms with Gasteiger partial charge in [-0.3, -0.25) is 4.68 Å². The summed E-state index contributed by atoms with van der Waals surface area (Å²) in [5, 5.41) is 4.17. The molecule has 0 saturated carbocycles. The molecule has 14 heavy (non-hydrogen) atoms. The molecule has 1 rings (SSSR count). The zero-order valence-electron chi connectivity index (χ0n) is 9.07. The molecule has 0 radical (unpaired) electrons. The summed E-state index contributed by atoms with van der Waals surface area (Å²) in [7, 11) is 0. The van der Waals surface area contributed by atoms with Gasteiger partial charge in [0.2, 0.25) is 0 Å². The second-order valence-corrected chi connectivity index (χ2v) is 3.43. The van der Waals surface area contributed by atoms with Crippen LogP contribution in [-0.4, -0.2) is 22.4 Å². The van der Waals surface area contributed by atoms with Crippen molar-refractivity contribution in [3.8, 4) is 0 Å². The Morgan fingerprint density at radius 1 is 1.64 bits per heavy atom. The molecule has 0 aliphatic rings. The Morgan fingerprint density at radius 2 is 2.29 bits per heavy atom. The van der Waals surface area contributed by atoms with Crippen LogP contribution in [0.5, 0.6) is 0 Å². The lowest BCUT2D eigenvalue weighted by atomic mass is 10.3. The zero-order valence-corrected chi connectivity index (χ0v) is 9.07. The van der Waals surface area contributed by atoms with Crippen LogP contribution < -0.4 is 0 Å². The largest absolute Gasteiger partial charge is 0.461 e. The molecule has 0 saturated heterocycles. The summed E-state index contributed by atoms with van der Waals surface area (Å²) in [6.45, 7) is 8.14. The predicted molar refractivity (Wildman–Crippen MR) is 53.3 cm³/mol. The number of esters is 1. The molecule has 0 fully saturated rings. The van der Waals surface area contributed by atoms with E-state index in [1.54, 1.807) is 13.0 Å². The number of carbonyl (C=O) groups is 1. The Kier molecular flexibility index (Phi) is 3.28. The van der Waals surface area contributed by atoms with Gasteiger partial charge >= 0.3 is 5.97 Å². The Hall–Kier alpha value is -1.32. The van der Waals surface area contributed by atoms with E-state index in [1.165, 1.54) is 0 Å². The summed E-state index contributed by atoms with van der Waals surface area (Å²) in [4.78, 5) is 11.3. The third-order valence-electron chi connectivity index (χ3n) is 1.90. The first-order valence-corrected chi connectivity index (χ1v) is 4.79. The fourth-order valence-electron chi connectivity index (χ4n) is 1.32. The van der Waals surface area contributed by atoms with Gasteiger partial charge in [0.1, 0.15) is 0 Å². The van der Waals surface area contributed by atoms with E-state index in [2.05, 4.69) is 5.10 Å². The van der Waals surface area contributed by atoms with Crippen molar-refractivity contribution in [2.45, 2.75) is 33.7 Å². The predicted octanol–water partition coefficient (Wildman–Crippen LogP) is 1.95. The van der Waals surface area contributed by atoms with E-state index in [4.69, 9.17) is 4.74 Å². The molecule has 1 aromatic heterocycles. The van der Waals surface area contributed by atoms with Crippen molar-refractivity contribution in [2.75, 3.05) is 6.61 Å². The van der Waals surface area contributed by atoms with Gasteiger partial charge in [-0.15, -0.1) is 0 Å². The SMILES string of the molecule is CCOC(=O)c1cc(C)n(C(C)C)n1. The van der Waals surface area contributed by atoms with Crippen LogP contribution in [0.15, 0.2) is 6.07 Å². The molecule has 0 unspecified atom stereocenters. The third kappa shape index (κ3) is 2.13. The highest BCUT2D eigenvalue weighted by molar-refractivity contribution is 5.87. The van der Waals surface area contributed by atoms with E-state index in [9.17, 15) is 4.79 Å². The zero-order chi connectivity index (χ0) is 10.7. The van der Waals surface area contributed by atoms with Crippen LogP contribution in [0.1, 0.15) is 43.0 Å². The highest BCUT2D eigenvalue weighted by atomic mass is 16.5. The van der Waals surface area contributed by atoms with Gasteiger partial charge in [-0.05, 0) is 33.8 Å². The average molecular weight is 196 g/mol. The Balaban J connectivity index is 2.90. The van der Waals surface area contributed by atoms with Crippen molar-refractivity contribution in [3.63, 3.8) is 0 Å². The Bertz CT molecular complexity index is 329. The fraction of sp³-hybridized carbons (Fsp3) is 0.600. The van der Waals surface area contributed by atoms with Crippen molar-refractivity contribution < 1.29 is 9.53 Å². The molecule has 4 heteroatoms. The third-order valence-corrected chi connectivity index (χ3v) is 1.90. The first kappa shape index (κ1) is 10.8. The molecular formula is C10H16N2O2. The minimum Gasteiger partial charge on any atom is -0.461 e. The number of aromatic nitrogens is 2. The number of rotatable bonds is 3. The van der Waals surface area contributed by atoms with Gasteiger partial charge in [0.25, 0.3) is 0 Å². The topological polar surface area (TPSA) is 44.1 Å². The van der Waals surface area contributed by atoms with Crippen molar-refractivity contribution in [2.24, 2.45) is 0 Å². The highest BCUT2D eigenvalue weighted by Crippen LogP contribution is 2.10. The summed E-state index contributed by atoms with van der Waals surface area (Å²) in [6.07, 6.45) is 0. The van der Waals surface area contributed by atoms with Crippen LogP contribution in [0.3, 0.4) is 0 Å². The summed E-state index contributed by atoms with van der Waals surface area (Å²) >= 11 is 0. The molecule has 0 aromatic carbocycles. The number of ether oxygens (including phenoxy) is 1. The number of nitrogens with zero attached hydrogens (tertiary/aromatic N) is 2. The van der Waals surface area contributed by atoms with E-state index >= 15 is 0 Å². The molecular weight excluding hydrogens is 180 g/mol. The standard InChI is InChI=1S/C10H16N2O2/c1-5-14-10(13)9-6-8(4)12(11-9)7(2)3/h6-7H,5H2,1-4H3. The fourth-order valence-corrected chi connectivity index (χ4v) is 1.32. The maximum absolute atomic E-state index is 11.3. The molecule has 78 valence electrons. The minimum absolute atomic E-state index is 0.262. The van der Waals surface area contributed by atoms with Gasteiger partial charge in [0.15, 0.2) is 5.69 Å². The first-order chi connectivity index (χ1) is 6.56. The number of carbonyl (C=O) groups excluding carboxylic acids is 1. The van der Waals surface area contributed by atoms with E-state index in [1.807, 2.05) is 25.5 Å². The highest BCUT2D eigenvalue weighted by Gasteiger charge is 2.13.